The third-order valence-electron chi connectivity index (χ3n) is 4.53. The van der Waals surface area contributed by atoms with Gasteiger partial charge in [-0.1, -0.05) is 41.6 Å². The minimum atomic E-state index is -0.732. The first-order chi connectivity index (χ1) is 13.4. The molecule has 1 saturated carbocycles. The number of anilines is 1. The Morgan fingerprint density at radius 2 is 2.04 bits per heavy atom. The van der Waals surface area contributed by atoms with Crippen LogP contribution in [0.3, 0.4) is 0 Å². The molecule has 0 atom stereocenters. The maximum atomic E-state index is 12.6. The molecule has 9 heteroatoms. The summed E-state index contributed by atoms with van der Waals surface area (Å²) in [6.07, 6.45) is 1.64. The molecule has 1 aromatic carbocycles. The smallest absolute Gasteiger partial charge is 0.330 e. The number of aromatic amines is 1. The lowest BCUT2D eigenvalue weighted by atomic mass is 10.1. The van der Waals surface area contributed by atoms with Gasteiger partial charge in [-0.05, 0) is 19.8 Å². The highest BCUT2D eigenvalue weighted by Gasteiger charge is 2.30. The lowest BCUT2D eigenvalue weighted by molar-refractivity contribution is 0.102. The number of hydrogen-bond acceptors (Lipinski definition) is 7. The molecule has 1 aliphatic carbocycles. The van der Waals surface area contributed by atoms with Crippen LogP contribution in [0.1, 0.15) is 34.8 Å². The second kappa shape index (κ2) is 7.40. The van der Waals surface area contributed by atoms with E-state index in [0.717, 1.165) is 28.4 Å². The number of aryl methyl sites for hydroxylation is 1. The molecule has 0 spiro atoms. The van der Waals surface area contributed by atoms with Crippen LogP contribution in [-0.2, 0) is 0 Å². The van der Waals surface area contributed by atoms with Crippen LogP contribution in [0.15, 0.2) is 43.6 Å². The monoisotopic (exact) mass is 414 g/mol. The third kappa shape index (κ3) is 3.67. The minimum Gasteiger partial charge on any atom is -0.384 e. The van der Waals surface area contributed by atoms with Gasteiger partial charge >= 0.3 is 5.69 Å². The van der Waals surface area contributed by atoms with Crippen LogP contribution in [0, 0.1) is 6.92 Å². The van der Waals surface area contributed by atoms with E-state index in [9.17, 15) is 14.4 Å². The Bertz CT molecular complexity index is 1160. The number of Topliss-reactive ketones (excluding diaryl/α,β-unsaturated/α-hetero) is 1. The molecule has 0 amide bonds. The number of ketones is 1. The standard InChI is InChI=1S/C19H18N4O3S2/c1-10-2-4-11(5-3-10)13-8-27-19(21-13)28-9-14(24)15-16(20)23(12-6-7-12)18(26)22-17(15)25/h2-5,8,12H,6-7,9,20H2,1H3,(H,22,25,26). The summed E-state index contributed by atoms with van der Waals surface area (Å²) in [5, 5.41) is 1.94. The molecule has 28 heavy (non-hydrogen) atoms. The Morgan fingerprint density at radius 3 is 2.71 bits per heavy atom. The fourth-order valence-electron chi connectivity index (χ4n) is 2.91. The molecule has 0 bridgehead atoms. The molecule has 1 aliphatic rings. The van der Waals surface area contributed by atoms with Crippen molar-refractivity contribution < 1.29 is 4.79 Å². The average Bonchev–Trinajstić information content (AvgIpc) is 3.36. The maximum Gasteiger partial charge on any atom is 0.330 e. The minimum absolute atomic E-state index is 0.0248. The summed E-state index contributed by atoms with van der Waals surface area (Å²) in [4.78, 5) is 43.5. The van der Waals surface area contributed by atoms with E-state index in [1.807, 2.05) is 36.6 Å². The van der Waals surface area contributed by atoms with Gasteiger partial charge in [-0.2, -0.15) is 0 Å². The van der Waals surface area contributed by atoms with Crippen LogP contribution in [0.25, 0.3) is 11.3 Å². The van der Waals surface area contributed by atoms with Crippen molar-refractivity contribution >= 4 is 34.7 Å². The van der Waals surface area contributed by atoms with Crippen LogP contribution < -0.4 is 17.0 Å². The number of nitrogens with two attached hydrogens (primary N) is 1. The van der Waals surface area contributed by atoms with E-state index in [1.165, 1.54) is 33.2 Å². The Kier molecular flexibility index (Phi) is 4.94. The molecular formula is C19H18N4O3S2. The summed E-state index contributed by atoms with van der Waals surface area (Å²) < 4.78 is 2.05. The van der Waals surface area contributed by atoms with E-state index < -0.39 is 17.0 Å². The number of nitrogens with zero attached hydrogens (tertiary/aromatic N) is 2. The lowest BCUT2D eigenvalue weighted by Crippen LogP contribution is -2.36. The van der Waals surface area contributed by atoms with Crippen molar-refractivity contribution in [2.24, 2.45) is 0 Å². The summed E-state index contributed by atoms with van der Waals surface area (Å²) in [7, 11) is 0. The highest BCUT2D eigenvalue weighted by atomic mass is 32.2. The number of carbonyl (C=O) groups is 1. The molecule has 3 aromatic rings. The van der Waals surface area contributed by atoms with E-state index in [0.29, 0.717) is 0 Å². The van der Waals surface area contributed by atoms with Gasteiger partial charge in [0, 0.05) is 17.0 Å². The van der Waals surface area contributed by atoms with Gasteiger partial charge in [0.1, 0.15) is 11.4 Å². The van der Waals surface area contributed by atoms with Crippen LogP contribution in [0.2, 0.25) is 0 Å². The van der Waals surface area contributed by atoms with Gasteiger partial charge < -0.3 is 5.73 Å². The Labute approximate surface area is 168 Å². The van der Waals surface area contributed by atoms with Crippen molar-refractivity contribution in [2.75, 3.05) is 11.5 Å². The number of thiazole rings is 1. The van der Waals surface area contributed by atoms with Crippen LogP contribution >= 0.6 is 23.1 Å². The zero-order valence-corrected chi connectivity index (χ0v) is 16.7. The number of aromatic nitrogens is 3. The summed E-state index contributed by atoms with van der Waals surface area (Å²) in [5.41, 5.74) is 7.59. The molecule has 2 heterocycles. The van der Waals surface area contributed by atoms with E-state index in [-0.39, 0.29) is 23.2 Å². The third-order valence-corrected chi connectivity index (χ3v) is 6.55. The van der Waals surface area contributed by atoms with E-state index in [2.05, 4.69) is 9.97 Å². The fourth-order valence-corrected chi connectivity index (χ4v) is 4.62. The summed E-state index contributed by atoms with van der Waals surface area (Å²) in [6, 6.07) is 8.03. The molecule has 0 saturated heterocycles. The second-order valence-corrected chi connectivity index (χ2v) is 8.78. The molecule has 3 N–H and O–H groups in total. The van der Waals surface area contributed by atoms with E-state index in [4.69, 9.17) is 5.73 Å². The SMILES string of the molecule is Cc1ccc(-c2csc(SCC(=O)c3c(N)n(C4CC4)c(=O)[nH]c3=O)n2)cc1. The number of nitrogens with one attached hydrogen (secondary N) is 1. The molecule has 4 rings (SSSR count). The number of rotatable bonds is 6. The maximum absolute atomic E-state index is 12.6. The molecule has 2 aromatic heterocycles. The quantitative estimate of drug-likeness (QED) is 0.474. The normalized spacial score (nSPS) is 13.6. The first-order valence-electron chi connectivity index (χ1n) is 8.77. The van der Waals surface area contributed by atoms with E-state index in [1.54, 1.807) is 0 Å². The van der Waals surface area contributed by atoms with Gasteiger partial charge in [-0.3, -0.25) is 19.1 Å². The van der Waals surface area contributed by atoms with Gasteiger partial charge in [-0.25, -0.2) is 9.78 Å². The molecule has 1 fully saturated rings. The van der Waals surface area contributed by atoms with Gasteiger partial charge in [0.15, 0.2) is 10.1 Å². The Balaban J connectivity index is 1.51. The predicted molar refractivity (Wildman–Crippen MR) is 111 cm³/mol. The van der Waals surface area contributed by atoms with Crippen molar-refractivity contribution in [3.05, 3.63) is 61.6 Å². The highest BCUT2D eigenvalue weighted by molar-refractivity contribution is 8.01. The van der Waals surface area contributed by atoms with Crippen molar-refractivity contribution in [1.29, 1.82) is 0 Å². The number of nitrogen functional groups attached to an aromatic ring is 1. The van der Waals surface area contributed by atoms with Gasteiger partial charge in [0.2, 0.25) is 0 Å². The summed E-state index contributed by atoms with van der Waals surface area (Å²) in [5.74, 6) is -0.427. The van der Waals surface area contributed by atoms with Crippen LogP contribution in [-0.4, -0.2) is 26.1 Å². The van der Waals surface area contributed by atoms with Crippen molar-refractivity contribution in [3.63, 3.8) is 0 Å². The van der Waals surface area contributed by atoms with Crippen LogP contribution in [0.4, 0.5) is 5.82 Å². The van der Waals surface area contributed by atoms with Crippen molar-refractivity contribution in [2.45, 2.75) is 30.1 Å². The summed E-state index contributed by atoms with van der Waals surface area (Å²) in [6.45, 7) is 2.03. The Hall–Kier alpha value is -2.65. The van der Waals surface area contributed by atoms with Gasteiger partial charge in [-0.15, -0.1) is 11.3 Å². The molecule has 144 valence electrons. The summed E-state index contributed by atoms with van der Waals surface area (Å²) >= 11 is 2.70. The zero-order chi connectivity index (χ0) is 19.8. The molecule has 0 aliphatic heterocycles. The van der Waals surface area contributed by atoms with Gasteiger partial charge in [0.25, 0.3) is 5.56 Å². The van der Waals surface area contributed by atoms with Crippen molar-refractivity contribution in [1.82, 2.24) is 14.5 Å². The first kappa shape index (κ1) is 18.7. The van der Waals surface area contributed by atoms with E-state index >= 15 is 0 Å². The van der Waals surface area contributed by atoms with Gasteiger partial charge in [0.05, 0.1) is 11.4 Å². The predicted octanol–water partition coefficient (Wildman–Crippen LogP) is 2.86. The molecule has 0 radical (unpaired) electrons. The second-order valence-electron chi connectivity index (χ2n) is 6.70. The lowest BCUT2D eigenvalue weighted by Gasteiger charge is -2.10. The topological polar surface area (TPSA) is 111 Å². The fraction of sp³-hybridized carbons (Fsp3) is 0.263. The average molecular weight is 415 g/mol. The number of thioether (sulfide) groups is 1. The number of carbonyl (C=O) groups excluding carboxylic acids is 1. The largest absolute Gasteiger partial charge is 0.384 e. The molecule has 7 nitrogen and oxygen atoms in total. The van der Waals surface area contributed by atoms with Crippen LogP contribution in [0.5, 0.6) is 0 Å². The highest BCUT2D eigenvalue weighted by Crippen LogP contribution is 2.35. The zero-order valence-electron chi connectivity index (χ0n) is 15.1. The molecular weight excluding hydrogens is 396 g/mol. The number of benzene rings is 1. The first-order valence-corrected chi connectivity index (χ1v) is 10.6. The number of H-pyrrole nitrogens is 1. The number of hydrogen-bond donors (Lipinski definition) is 2. The Morgan fingerprint density at radius 1 is 1.32 bits per heavy atom. The van der Waals surface area contributed by atoms with Crippen molar-refractivity contribution in [3.8, 4) is 11.3 Å². The molecule has 0 unspecified atom stereocenters.